The average Bonchev–Trinajstić information content (AvgIpc) is 2.64. The first-order valence-corrected chi connectivity index (χ1v) is 8.72. The van der Waals surface area contributed by atoms with Crippen molar-refractivity contribution in [3.05, 3.63) is 47.3 Å². The molecule has 7 nitrogen and oxygen atoms in total. The van der Waals surface area contributed by atoms with Crippen LogP contribution in [0, 0.1) is 0 Å². The van der Waals surface area contributed by atoms with E-state index in [1.54, 1.807) is 6.92 Å². The van der Waals surface area contributed by atoms with Crippen molar-refractivity contribution in [2.45, 2.75) is 33.0 Å². The number of nitrogens with one attached hydrogen (secondary N) is 1. The van der Waals surface area contributed by atoms with Gasteiger partial charge >= 0.3 is 6.18 Å². The summed E-state index contributed by atoms with van der Waals surface area (Å²) in [5.41, 5.74) is 1.28. The minimum Gasteiger partial charge on any atom is -0.478 e. The number of carbonyl (C=O) groups is 2. The van der Waals surface area contributed by atoms with Crippen molar-refractivity contribution < 1.29 is 32.2 Å². The van der Waals surface area contributed by atoms with Gasteiger partial charge in [-0.05, 0) is 32.0 Å². The van der Waals surface area contributed by atoms with Gasteiger partial charge in [-0.1, -0.05) is 0 Å². The van der Waals surface area contributed by atoms with Gasteiger partial charge in [0.25, 0.3) is 5.91 Å². The number of pyridine rings is 2. The van der Waals surface area contributed by atoms with Crippen molar-refractivity contribution in [1.82, 2.24) is 15.3 Å². The lowest BCUT2D eigenvalue weighted by Crippen LogP contribution is -2.24. The molecule has 0 unspecified atom stereocenters. The second kappa shape index (κ2) is 9.85. The topological polar surface area (TPSA) is 90.4 Å². The Bertz CT molecular complexity index is 872. The highest BCUT2D eigenvalue weighted by Crippen LogP contribution is 2.22. The molecule has 156 valence electrons. The van der Waals surface area contributed by atoms with E-state index in [4.69, 9.17) is 4.74 Å². The standard InChI is InChI=1S/C19H20F3N3O4/c1-3-28-18-14(4-5-16(25-18)29-11-19(20,21)22)10-24-17(27)13-6-7-23-15(9-13)8-12(2)26/h4-7,9H,3,8,10-11H2,1-2H3,(H,24,27). The van der Waals surface area contributed by atoms with Gasteiger partial charge in [-0.3, -0.25) is 14.6 Å². The molecule has 0 aliphatic carbocycles. The molecular weight excluding hydrogens is 391 g/mol. The third-order valence-corrected chi connectivity index (χ3v) is 3.53. The number of nitrogens with zero attached hydrogens (tertiary/aromatic N) is 2. The lowest BCUT2D eigenvalue weighted by molar-refractivity contribution is -0.154. The second-order valence-electron chi connectivity index (χ2n) is 6.05. The second-order valence-corrected chi connectivity index (χ2v) is 6.05. The van der Waals surface area contributed by atoms with E-state index in [1.165, 1.54) is 37.4 Å². The number of aromatic nitrogens is 2. The first-order valence-electron chi connectivity index (χ1n) is 8.72. The maximum absolute atomic E-state index is 12.4. The van der Waals surface area contributed by atoms with Crippen molar-refractivity contribution in [1.29, 1.82) is 0 Å². The summed E-state index contributed by atoms with van der Waals surface area (Å²) in [4.78, 5) is 31.5. The van der Waals surface area contributed by atoms with Crippen LogP contribution in [0.5, 0.6) is 11.8 Å². The van der Waals surface area contributed by atoms with Crippen LogP contribution in [0.2, 0.25) is 0 Å². The van der Waals surface area contributed by atoms with Crippen molar-refractivity contribution >= 4 is 11.7 Å². The van der Waals surface area contributed by atoms with E-state index in [0.717, 1.165) is 0 Å². The average molecular weight is 411 g/mol. The molecule has 0 fully saturated rings. The molecule has 1 N–H and O–H groups in total. The molecule has 1 amide bonds. The zero-order chi connectivity index (χ0) is 21.4. The van der Waals surface area contributed by atoms with Crippen molar-refractivity contribution in [3.63, 3.8) is 0 Å². The largest absolute Gasteiger partial charge is 0.478 e. The van der Waals surface area contributed by atoms with Gasteiger partial charge in [-0.2, -0.15) is 18.2 Å². The molecule has 10 heteroatoms. The number of Topliss-reactive ketones (excluding diaryl/α,β-unsaturated/α-hetero) is 1. The number of ketones is 1. The van der Waals surface area contributed by atoms with Gasteiger partial charge in [0.2, 0.25) is 11.8 Å². The number of halogens is 3. The molecule has 0 saturated carbocycles. The van der Waals surface area contributed by atoms with Gasteiger partial charge in [0.05, 0.1) is 6.61 Å². The molecule has 2 aromatic rings. The fraction of sp³-hybridized carbons (Fsp3) is 0.368. The Labute approximate surface area is 165 Å². The highest BCUT2D eigenvalue weighted by molar-refractivity contribution is 5.94. The van der Waals surface area contributed by atoms with Crippen molar-refractivity contribution in [2.24, 2.45) is 0 Å². The number of alkyl halides is 3. The van der Waals surface area contributed by atoms with Crippen LogP contribution in [0.1, 0.15) is 35.5 Å². The molecule has 0 spiro atoms. The SMILES string of the molecule is CCOc1nc(OCC(F)(F)F)ccc1CNC(=O)c1ccnc(CC(C)=O)c1. The Morgan fingerprint density at radius 1 is 1.17 bits per heavy atom. The third kappa shape index (κ3) is 7.40. The molecule has 0 bridgehead atoms. The van der Waals surface area contributed by atoms with Gasteiger partial charge in [-0.15, -0.1) is 0 Å². The minimum atomic E-state index is -4.48. The maximum Gasteiger partial charge on any atom is 0.422 e. The first-order chi connectivity index (χ1) is 13.7. The summed E-state index contributed by atoms with van der Waals surface area (Å²) in [6.45, 7) is 1.92. The zero-order valence-corrected chi connectivity index (χ0v) is 15.9. The molecule has 2 heterocycles. The number of carbonyl (C=O) groups excluding carboxylic acids is 2. The van der Waals surface area contributed by atoms with Gasteiger partial charge in [0.15, 0.2) is 6.61 Å². The van der Waals surface area contributed by atoms with E-state index < -0.39 is 18.7 Å². The summed E-state index contributed by atoms with van der Waals surface area (Å²) in [6.07, 6.45) is -2.92. The van der Waals surface area contributed by atoms with E-state index in [2.05, 4.69) is 20.0 Å². The zero-order valence-electron chi connectivity index (χ0n) is 15.9. The normalized spacial score (nSPS) is 11.1. The Balaban J connectivity index is 2.07. The van der Waals surface area contributed by atoms with Crippen molar-refractivity contribution in [2.75, 3.05) is 13.2 Å². The fourth-order valence-electron chi connectivity index (χ4n) is 2.33. The summed E-state index contributed by atoms with van der Waals surface area (Å²) in [7, 11) is 0. The Hall–Kier alpha value is -3.17. The molecular formula is C19H20F3N3O4. The third-order valence-electron chi connectivity index (χ3n) is 3.53. The predicted octanol–water partition coefficient (Wildman–Crippen LogP) is 2.88. The van der Waals surface area contributed by atoms with Crippen LogP contribution in [0.15, 0.2) is 30.5 Å². The van der Waals surface area contributed by atoms with Crippen LogP contribution in [0.3, 0.4) is 0 Å². The molecule has 0 radical (unpaired) electrons. The molecule has 2 rings (SSSR count). The molecule has 0 aliphatic rings. The molecule has 0 atom stereocenters. The van der Waals surface area contributed by atoms with E-state index in [1.807, 2.05) is 0 Å². The van der Waals surface area contributed by atoms with Gasteiger partial charge in [0, 0.05) is 42.0 Å². The van der Waals surface area contributed by atoms with E-state index >= 15 is 0 Å². The highest BCUT2D eigenvalue weighted by Gasteiger charge is 2.28. The van der Waals surface area contributed by atoms with Gasteiger partial charge < -0.3 is 14.8 Å². The summed E-state index contributed by atoms with van der Waals surface area (Å²) in [5.74, 6) is -0.643. The highest BCUT2D eigenvalue weighted by atomic mass is 19.4. The Morgan fingerprint density at radius 2 is 1.93 bits per heavy atom. The van der Waals surface area contributed by atoms with E-state index in [0.29, 0.717) is 16.8 Å². The van der Waals surface area contributed by atoms with E-state index in [9.17, 15) is 22.8 Å². The van der Waals surface area contributed by atoms with Crippen LogP contribution in [0.25, 0.3) is 0 Å². The van der Waals surface area contributed by atoms with Gasteiger partial charge in [0.1, 0.15) is 5.78 Å². The minimum absolute atomic E-state index is 0.0328. The number of amides is 1. The summed E-state index contributed by atoms with van der Waals surface area (Å²) < 4.78 is 46.8. The molecule has 29 heavy (non-hydrogen) atoms. The lowest BCUT2D eigenvalue weighted by atomic mass is 10.1. The van der Waals surface area contributed by atoms with Crippen LogP contribution in [0.4, 0.5) is 13.2 Å². The molecule has 0 aliphatic heterocycles. The van der Waals surface area contributed by atoms with Crippen LogP contribution >= 0.6 is 0 Å². The maximum atomic E-state index is 12.4. The predicted molar refractivity (Wildman–Crippen MR) is 96.7 cm³/mol. The first kappa shape index (κ1) is 22.1. The summed E-state index contributed by atoms with van der Waals surface area (Å²) >= 11 is 0. The fourth-order valence-corrected chi connectivity index (χ4v) is 2.33. The number of ether oxygens (including phenoxy) is 2. The summed E-state index contributed by atoms with van der Waals surface area (Å²) in [6, 6.07) is 5.77. The summed E-state index contributed by atoms with van der Waals surface area (Å²) in [5, 5.41) is 2.68. The Morgan fingerprint density at radius 3 is 2.59 bits per heavy atom. The number of rotatable bonds is 9. The lowest BCUT2D eigenvalue weighted by Gasteiger charge is -2.13. The van der Waals surface area contributed by atoms with Crippen LogP contribution in [-0.4, -0.2) is 41.0 Å². The molecule has 0 saturated heterocycles. The van der Waals surface area contributed by atoms with Crippen molar-refractivity contribution in [3.8, 4) is 11.8 Å². The van der Waals surface area contributed by atoms with Crippen LogP contribution in [-0.2, 0) is 17.8 Å². The van der Waals surface area contributed by atoms with E-state index in [-0.39, 0.29) is 37.1 Å². The number of hydrogen-bond acceptors (Lipinski definition) is 6. The van der Waals surface area contributed by atoms with Crippen LogP contribution < -0.4 is 14.8 Å². The molecule has 2 aromatic heterocycles. The monoisotopic (exact) mass is 411 g/mol. The number of hydrogen-bond donors (Lipinski definition) is 1. The smallest absolute Gasteiger partial charge is 0.422 e. The quantitative estimate of drug-likeness (QED) is 0.683. The van der Waals surface area contributed by atoms with Gasteiger partial charge in [-0.25, -0.2) is 0 Å². The Kier molecular flexibility index (Phi) is 7.52. The molecule has 0 aromatic carbocycles.